The van der Waals surface area contributed by atoms with Crippen LogP contribution in [-0.2, 0) is 17.9 Å². The van der Waals surface area contributed by atoms with Crippen molar-refractivity contribution in [1.82, 2.24) is 19.5 Å². The first-order valence-corrected chi connectivity index (χ1v) is 18.9. The van der Waals surface area contributed by atoms with Gasteiger partial charge in [-0.15, -0.1) is 0 Å². The zero-order valence-corrected chi connectivity index (χ0v) is 32.6. The molecule has 0 fully saturated rings. The summed E-state index contributed by atoms with van der Waals surface area (Å²) < 4.78 is 2.07. The van der Waals surface area contributed by atoms with E-state index < -0.39 is 0 Å². The molecule has 0 saturated heterocycles. The van der Waals surface area contributed by atoms with E-state index in [1.807, 2.05) is 37.6 Å². The lowest BCUT2D eigenvalue weighted by atomic mass is 9.79. The minimum atomic E-state index is -0.261. The number of phenolic OH excluding ortho intramolecular Hbond substituents is 1. The van der Waals surface area contributed by atoms with Crippen LogP contribution in [0.1, 0.15) is 52.7 Å². The standard InChI is InChI=1S/C50H46N4O/c1-49(2,3)40-30-41(47(55)42(31-40)50(4,5)6)48-53-46-44(54(48)7)23-25-52-45(46)39-27-37(33-16-12-9-13-17-33)26-38(28-39)43-29-36(22-24-51-43)35-20-18-34(19-21-35)32-14-10-8-11-15-32/h8-31,55H,1-7H3. The summed E-state index contributed by atoms with van der Waals surface area (Å²) >= 11 is 0. The summed E-state index contributed by atoms with van der Waals surface area (Å²) in [6.07, 6.45) is 3.74. The molecule has 55 heavy (non-hydrogen) atoms. The van der Waals surface area contributed by atoms with Gasteiger partial charge in [0.25, 0.3) is 0 Å². The average Bonchev–Trinajstić information content (AvgIpc) is 3.53. The summed E-state index contributed by atoms with van der Waals surface area (Å²) in [5, 5.41) is 11.8. The average molecular weight is 719 g/mol. The smallest absolute Gasteiger partial charge is 0.144 e. The van der Waals surface area contributed by atoms with Crippen LogP contribution in [0.5, 0.6) is 5.75 Å². The molecule has 1 N–H and O–H groups in total. The summed E-state index contributed by atoms with van der Waals surface area (Å²) in [4.78, 5) is 15.1. The Kier molecular flexibility index (Phi) is 8.97. The van der Waals surface area contributed by atoms with E-state index in [1.54, 1.807) is 0 Å². The Balaban J connectivity index is 1.27. The second kappa shape index (κ2) is 13.8. The number of imidazole rings is 1. The van der Waals surface area contributed by atoms with E-state index in [4.69, 9.17) is 15.0 Å². The highest BCUT2D eigenvalue weighted by atomic mass is 16.3. The summed E-state index contributed by atoms with van der Waals surface area (Å²) in [7, 11) is 2.02. The number of aryl methyl sites for hydroxylation is 1. The van der Waals surface area contributed by atoms with E-state index >= 15 is 0 Å². The van der Waals surface area contributed by atoms with Gasteiger partial charge in [-0.25, -0.2) is 4.98 Å². The van der Waals surface area contributed by atoms with Gasteiger partial charge in [0.15, 0.2) is 0 Å². The van der Waals surface area contributed by atoms with Gasteiger partial charge in [-0.1, -0.05) is 133 Å². The van der Waals surface area contributed by atoms with E-state index in [1.165, 1.54) is 11.1 Å². The van der Waals surface area contributed by atoms with Crippen molar-refractivity contribution in [2.75, 3.05) is 0 Å². The van der Waals surface area contributed by atoms with Crippen LogP contribution in [0.15, 0.2) is 146 Å². The van der Waals surface area contributed by atoms with Crippen molar-refractivity contribution in [2.45, 2.75) is 52.4 Å². The first-order chi connectivity index (χ1) is 26.3. The number of fused-ring (bicyclic) bond motifs is 1. The first kappa shape index (κ1) is 35.7. The van der Waals surface area contributed by atoms with Crippen molar-refractivity contribution in [3.05, 3.63) is 157 Å². The lowest BCUT2D eigenvalue weighted by Crippen LogP contribution is -2.17. The number of phenols is 1. The van der Waals surface area contributed by atoms with Crippen LogP contribution in [0.3, 0.4) is 0 Å². The number of hydrogen-bond acceptors (Lipinski definition) is 4. The highest BCUT2D eigenvalue weighted by Gasteiger charge is 2.28. The Morgan fingerprint density at radius 3 is 1.71 bits per heavy atom. The van der Waals surface area contributed by atoms with Gasteiger partial charge < -0.3 is 9.67 Å². The third kappa shape index (κ3) is 6.94. The zero-order chi connectivity index (χ0) is 38.5. The van der Waals surface area contributed by atoms with Gasteiger partial charge in [-0.2, -0.15) is 0 Å². The van der Waals surface area contributed by atoms with Crippen molar-refractivity contribution < 1.29 is 5.11 Å². The minimum absolute atomic E-state index is 0.120. The van der Waals surface area contributed by atoms with E-state index in [2.05, 4.69) is 161 Å². The number of aromatic nitrogens is 4. The Labute approximate surface area is 324 Å². The monoisotopic (exact) mass is 718 g/mol. The maximum absolute atomic E-state index is 11.8. The van der Waals surface area contributed by atoms with E-state index in [9.17, 15) is 5.11 Å². The van der Waals surface area contributed by atoms with Crippen LogP contribution in [0.4, 0.5) is 0 Å². The summed E-state index contributed by atoms with van der Waals surface area (Å²) in [5.41, 5.74) is 14.4. The predicted octanol–water partition coefficient (Wildman–Crippen LogP) is 12.7. The fourth-order valence-electron chi connectivity index (χ4n) is 7.34. The predicted molar refractivity (Wildman–Crippen MR) is 228 cm³/mol. The van der Waals surface area contributed by atoms with Crippen molar-refractivity contribution >= 4 is 11.0 Å². The van der Waals surface area contributed by atoms with E-state index in [0.717, 1.165) is 72.5 Å². The van der Waals surface area contributed by atoms with Crippen molar-refractivity contribution in [3.8, 4) is 73.0 Å². The molecule has 0 spiro atoms. The molecule has 0 aliphatic rings. The lowest BCUT2D eigenvalue weighted by Gasteiger charge is -2.27. The Morgan fingerprint density at radius 2 is 1.07 bits per heavy atom. The molecule has 0 atom stereocenters. The van der Waals surface area contributed by atoms with Crippen LogP contribution < -0.4 is 0 Å². The molecule has 272 valence electrons. The number of hydrogen-bond donors (Lipinski definition) is 1. The van der Waals surface area contributed by atoms with Gasteiger partial charge in [-0.3, -0.25) is 9.97 Å². The summed E-state index contributed by atoms with van der Waals surface area (Å²) in [5.74, 6) is 0.966. The molecule has 0 amide bonds. The van der Waals surface area contributed by atoms with Crippen molar-refractivity contribution in [2.24, 2.45) is 7.05 Å². The zero-order valence-electron chi connectivity index (χ0n) is 32.6. The minimum Gasteiger partial charge on any atom is -0.507 e. The maximum Gasteiger partial charge on any atom is 0.144 e. The molecule has 8 rings (SSSR count). The molecule has 0 aliphatic heterocycles. The number of pyridine rings is 2. The maximum atomic E-state index is 11.8. The molecule has 5 aromatic carbocycles. The number of nitrogens with zero attached hydrogens (tertiary/aromatic N) is 4. The highest BCUT2D eigenvalue weighted by Crippen LogP contribution is 2.43. The Hall–Kier alpha value is -6.33. The molecular formula is C50H46N4O. The summed E-state index contributed by atoms with van der Waals surface area (Å²) in [6, 6.07) is 46.6. The van der Waals surface area contributed by atoms with Crippen molar-refractivity contribution in [3.63, 3.8) is 0 Å². The molecule has 0 unspecified atom stereocenters. The quantitative estimate of drug-likeness (QED) is 0.186. The van der Waals surface area contributed by atoms with Gasteiger partial charge in [0, 0.05) is 36.1 Å². The molecule has 5 heteroatoms. The topological polar surface area (TPSA) is 63.8 Å². The first-order valence-electron chi connectivity index (χ1n) is 18.9. The van der Waals surface area contributed by atoms with E-state index in [0.29, 0.717) is 5.82 Å². The molecule has 0 aliphatic carbocycles. The van der Waals surface area contributed by atoms with Gasteiger partial charge in [-0.05, 0) is 92.2 Å². The fourth-order valence-corrected chi connectivity index (χ4v) is 7.34. The molecular weight excluding hydrogens is 673 g/mol. The fraction of sp³-hybridized carbons (Fsp3) is 0.180. The largest absolute Gasteiger partial charge is 0.507 e. The van der Waals surface area contributed by atoms with Gasteiger partial charge in [0.1, 0.15) is 17.1 Å². The van der Waals surface area contributed by atoms with Crippen LogP contribution in [-0.4, -0.2) is 24.6 Å². The molecule has 0 radical (unpaired) electrons. The molecule has 3 heterocycles. The normalized spacial score (nSPS) is 12.0. The molecule has 5 nitrogen and oxygen atoms in total. The van der Waals surface area contributed by atoms with Crippen LogP contribution in [0.25, 0.3) is 78.3 Å². The Bertz CT molecular complexity index is 2660. The number of aromatic hydroxyl groups is 1. The van der Waals surface area contributed by atoms with Crippen LogP contribution in [0, 0.1) is 0 Å². The van der Waals surface area contributed by atoms with Crippen molar-refractivity contribution in [1.29, 1.82) is 0 Å². The van der Waals surface area contributed by atoms with Crippen LogP contribution in [0.2, 0.25) is 0 Å². The molecule has 0 bridgehead atoms. The highest BCUT2D eigenvalue weighted by molar-refractivity contribution is 5.94. The second-order valence-corrected chi connectivity index (χ2v) is 16.5. The molecule has 3 aromatic heterocycles. The van der Waals surface area contributed by atoms with Crippen LogP contribution >= 0.6 is 0 Å². The lowest BCUT2D eigenvalue weighted by molar-refractivity contribution is 0.446. The van der Waals surface area contributed by atoms with Gasteiger partial charge >= 0.3 is 0 Å². The SMILES string of the molecule is Cn1c(-c2cc(C(C)(C)C)cc(C(C)(C)C)c2O)nc2c(-c3cc(-c4ccccc4)cc(-c4cc(-c5ccc(-c6ccccc6)cc5)ccn4)c3)nccc21. The van der Waals surface area contributed by atoms with Gasteiger partial charge in [0.2, 0.25) is 0 Å². The number of rotatable bonds is 6. The molecule has 8 aromatic rings. The third-order valence-electron chi connectivity index (χ3n) is 10.5. The van der Waals surface area contributed by atoms with Gasteiger partial charge in [0.05, 0.1) is 22.5 Å². The third-order valence-corrected chi connectivity index (χ3v) is 10.5. The number of benzene rings is 5. The molecule has 0 saturated carbocycles. The van der Waals surface area contributed by atoms with E-state index in [-0.39, 0.29) is 16.6 Å². The second-order valence-electron chi connectivity index (χ2n) is 16.5. The Morgan fingerprint density at radius 1 is 0.509 bits per heavy atom. The summed E-state index contributed by atoms with van der Waals surface area (Å²) in [6.45, 7) is 13.0.